The van der Waals surface area contributed by atoms with Crippen molar-refractivity contribution in [1.29, 1.82) is 0 Å². The molecule has 0 fully saturated rings. The summed E-state index contributed by atoms with van der Waals surface area (Å²) in [4.78, 5) is 29.9. The van der Waals surface area contributed by atoms with Crippen LogP contribution >= 0.6 is 0 Å². The molecule has 0 radical (unpaired) electrons. The number of esters is 1. The van der Waals surface area contributed by atoms with Crippen LogP contribution in [0.2, 0.25) is 0 Å². The summed E-state index contributed by atoms with van der Waals surface area (Å²) in [5, 5.41) is 4.43. The van der Waals surface area contributed by atoms with Gasteiger partial charge in [-0.2, -0.15) is 13.2 Å². The average molecular weight is 627 g/mol. The highest BCUT2D eigenvalue weighted by molar-refractivity contribution is 5.97. The molecule has 0 aliphatic rings. The number of fused-ring (bicyclic) bond motifs is 1. The van der Waals surface area contributed by atoms with Crippen LogP contribution in [-0.4, -0.2) is 24.0 Å². The van der Waals surface area contributed by atoms with Gasteiger partial charge in [0.05, 0.1) is 25.1 Å². The van der Waals surface area contributed by atoms with E-state index >= 15 is 0 Å². The highest BCUT2D eigenvalue weighted by Gasteiger charge is 2.30. The van der Waals surface area contributed by atoms with E-state index in [0.29, 0.717) is 28.2 Å². The molecule has 1 N–H and O–H groups in total. The van der Waals surface area contributed by atoms with Crippen molar-refractivity contribution in [3.05, 3.63) is 126 Å². The monoisotopic (exact) mass is 626 g/mol. The first-order valence-corrected chi connectivity index (χ1v) is 14.6. The molecule has 1 unspecified atom stereocenters. The van der Waals surface area contributed by atoms with Crippen LogP contribution in [-0.2, 0) is 21.1 Å². The third-order valence-corrected chi connectivity index (χ3v) is 7.64. The lowest BCUT2D eigenvalue weighted by Gasteiger charge is -2.19. The van der Waals surface area contributed by atoms with Gasteiger partial charge in [-0.05, 0) is 75.5 Å². The molecule has 5 rings (SSSR count). The minimum Gasteiger partial charge on any atom is -0.469 e. The van der Waals surface area contributed by atoms with E-state index in [1.165, 1.54) is 24.8 Å². The predicted octanol–water partition coefficient (Wildman–Crippen LogP) is 9.04. The molecule has 0 saturated carbocycles. The number of hydrogen-bond acceptors (Lipinski definition) is 5. The van der Waals surface area contributed by atoms with E-state index in [2.05, 4.69) is 31.1 Å². The molecule has 1 aromatic heterocycles. The van der Waals surface area contributed by atoms with Crippen molar-refractivity contribution in [2.75, 3.05) is 7.11 Å². The number of benzene rings is 4. The van der Waals surface area contributed by atoms with E-state index in [0.717, 1.165) is 22.9 Å². The molecule has 46 heavy (non-hydrogen) atoms. The summed E-state index contributed by atoms with van der Waals surface area (Å²) >= 11 is 0. The molecule has 0 spiro atoms. The summed E-state index contributed by atoms with van der Waals surface area (Å²) < 4.78 is 49.7. The first-order valence-electron chi connectivity index (χ1n) is 14.6. The van der Waals surface area contributed by atoms with Crippen molar-refractivity contribution in [2.45, 2.75) is 44.8 Å². The SMILES string of the molecule is COC(=O)CC(NC(=O)c1cc2ccc(Oc3ccc(C(C)(C)C)cc3)cc2cn1)c1ccc(-c2ccc(C(F)(F)F)cc2)cc1. The largest absolute Gasteiger partial charge is 0.469 e. The molecule has 0 aliphatic carbocycles. The Bertz CT molecular complexity index is 1840. The van der Waals surface area contributed by atoms with Gasteiger partial charge in [-0.1, -0.05) is 75.4 Å². The molecule has 0 saturated heterocycles. The lowest BCUT2D eigenvalue weighted by atomic mass is 9.87. The maximum absolute atomic E-state index is 13.3. The number of ether oxygens (including phenoxy) is 2. The smallest absolute Gasteiger partial charge is 0.416 e. The molecule has 1 heterocycles. The van der Waals surface area contributed by atoms with Gasteiger partial charge in [-0.3, -0.25) is 14.6 Å². The highest BCUT2D eigenvalue weighted by atomic mass is 19.4. The number of carbonyl (C=O) groups excluding carboxylic acids is 2. The predicted molar refractivity (Wildman–Crippen MR) is 171 cm³/mol. The summed E-state index contributed by atoms with van der Waals surface area (Å²) in [7, 11) is 1.26. The van der Waals surface area contributed by atoms with E-state index in [1.807, 2.05) is 42.5 Å². The maximum atomic E-state index is 13.3. The number of nitrogens with zero attached hydrogens (tertiary/aromatic N) is 1. The van der Waals surface area contributed by atoms with E-state index in [9.17, 15) is 22.8 Å². The van der Waals surface area contributed by atoms with Gasteiger partial charge in [0.1, 0.15) is 17.2 Å². The van der Waals surface area contributed by atoms with Crippen molar-refractivity contribution >= 4 is 22.6 Å². The molecule has 5 aromatic rings. The van der Waals surface area contributed by atoms with Crippen LogP contribution in [0.3, 0.4) is 0 Å². The molecule has 0 bridgehead atoms. The Morgan fingerprint density at radius 1 is 0.761 bits per heavy atom. The Balaban J connectivity index is 1.31. The van der Waals surface area contributed by atoms with Crippen LogP contribution in [0.15, 0.2) is 103 Å². The van der Waals surface area contributed by atoms with Gasteiger partial charge in [0, 0.05) is 11.6 Å². The van der Waals surface area contributed by atoms with Crippen LogP contribution in [0.25, 0.3) is 21.9 Å². The van der Waals surface area contributed by atoms with Crippen molar-refractivity contribution in [2.24, 2.45) is 0 Å². The molecule has 1 atom stereocenters. The lowest BCUT2D eigenvalue weighted by Crippen LogP contribution is -2.31. The van der Waals surface area contributed by atoms with Gasteiger partial charge in [0.2, 0.25) is 0 Å². The minimum atomic E-state index is -4.42. The van der Waals surface area contributed by atoms with Crippen molar-refractivity contribution in [3.63, 3.8) is 0 Å². The van der Waals surface area contributed by atoms with Gasteiger partial charge in [0.25, 0.3) is 5.91 Å². The second-order valence-electron chi connectivity index (χ2n) is 12.0. The van der Waals surface area contributed by atoms with Crippen molar-refractivity contribution in [3.8, 4) is 22.6 Å². The third-order valence-electron chi connectivity index (χ3n) is 7.64. The summed E-state index contributed by atoms with van der Waals surface area (Å²) in [6.45, 7) is 6.46. The van der Waals surface area contributed by atoms with E-state index in [-0.39, 0.29) is 17.5 Å². The number of methoxy groups -OCH3 is 1. The highest BCUT2D eigenvalue weighted by Crippen LogP contribution is 2.32. The normalized spacial score (nSPS) is 12.4. The van der Waals surface area contributed by atoms with Gasteiger partial charge in [-0.15, -0.1) is 0 Å². The minimum absolute atomic E-state index is 0.0411. The van der Waals surface area contributed by atoms with Crippen LogP contribution < -0.4 is 10.1 Å². The molecule has 1 amide bonds. The van der Waals surface area contributed by atoms with E-state index in [1.54, 1.807) is 36.5 Å². The van der Waals surface area contributed by atoms with E-state index < -0.39 is 29.7 Å². The number of amides is 1. The number of alkyl halides is 3. The summed E-state index contributed by atoms with van der Waals surface area (Å²) in [5.41, 5.74) is 2.58. The quantitative estimate of drug-likeness (QED) is 0.174. The zero-order valence-electron chi connectivity index (χ0n) is 25.8. The molecule has 0 aliphatic heterocycles. The maximum Gasteiger partial charge on any atom is 0.416 e. The Kier molecular flexibility index (Phi) is 9.14. The second kappa shape index (κ2) is 13.0. The van der Waals surface area contributed by atoms with Crippen LogP contribution in [0.1, 0.15) is 60.4 Å². The van der Waals surface area contributed by atoms with Crippen LogP contribution in [0.5, 0.6) is 11.5 Å². The molecule has 236 valence electrons. The zero-order valence-corrected chi connectivity index (χ0v) is 25.8. The van der Waals surface area contributed by atoms with E-state index in [4.69, 9.17) is 9.47 Å². The second-order valence-corrected chi connectivity index (χ2v) is 12.0. The summed E-state index contributed by atoms with van der Waals surface area (Å²) in [6, 6.07) is 26.1. The van der Waals surface area contributed by atoms with Crippen molar-refractivity contribution < 1.29 is 32.2 Å². The summed E-state index contributed by atoms with van der Waals surface area (Å²) in [6.07, 6.45) is -2.96. The fraction of sp³-hybridized carbons (Fsp3) is 0.216. The van der Waals surface area contributed by atoms with Gasteiger partial charge in [0.15, 0.2) is 0 Å². The fourth-order valence-electron chi connectivity index (χ4n) is 4.96. The molecular weight excluding hydrogens is 593 g/mol. The number of hydrogen-bond donors (Lipinski definition) is 1. The van der Waals surface area contributed by atoms with Gasteiger partial charge >= 0.3 is 12.1 Å². The van der Waals surface area contributed by atoms with Crippen molar-refractivity contribution in [1.82, 2.24) is 10.3 Å². The lowest BCUT2D eigenvalue weighted by molar-refractivity contribution is -0.141. The Morgan fingerprint density at radius 3 is 1.93 bits per heavy atom. The number of aromatic nitrogens is 1. The number of carbonyl (C=O) groups is 2. The standard InChI is InChI=1S/C37H33F3N2O4/c1-36(2,3)28-14-17-30(18-15-28)46-31-16-11-26-20-33(41-22-27(26)19-31)35(44)42-32(21-34(43)45-4)25-7-5-23(6-8-25)24-9-12-29(13-10-24)37(38,39)40/h5-20,22,32H,21H2,1-4H3,(H,42,44). The van der Waals surface area contributed by atoms with Gasteiger partial charge in [-0.25, -0.2) is 0 Å². The number of nitrogens with one attached hydrogen (secondary N) is 1. The van der Waals surface area contributed by atoms with Crippen LogP contribution in [0.4, 0.5) is 13.2 Å². The Hall–Kier alpha value is -5.18. The summed E-state index contributed by atoms with van der Waals surface area (Å²) in [5.74, 6) is 0.333. The van der Waals surface area contributed by atoms with Gasteiger partial charge < -0.3 is 14.8 Å². The molecule has 9 heteroatoms. The third kappa shape index (κ3) is 7.72. The Labute approximate surface area is 265 Å². The average Bonchev–Trinajstić information content (AvgIpc) is 3.03. The zero-order chi connectivity index (χ0) is 33.1. The topological polar surface area (TPSA) is 77.5 Å². The first kappa shape index (κ1) is 32.2. The number of halogens is 3. The Morgan fingerprint density at radius 2 is 1.35 bits per heavy atom. The number of rotatable bonds is 8. The van der Waals surface area contributed by atoms with Crippen LogP contribution in [0, 0.1) is 0 Å². The number of pyridine rings is 1. The first-order chi connectivity index (χ1) is 21.8. The molecule has 6 nitrogen and oxygen atoms in total. The molecule has 4 aromatic carbocycles. The molecular formula is C37H33F3N2O4. The fourth-order valence-corrected chi connectivity index (χ4v) is 4.96.